The van der Waals surface area contributed by atoms with E-state index in [1.165, 1.54) is 4.90 Å². The van der Waals surface area contributed by atoms with Crippen LogP contribution in [0.3, 0.4) is 0 Å². The van der Waals surface area contributed by atoms with Crippen LogP contribution >= 0.6 is 0 Å². The van der Waals surface area contributed by atoms with Gasteiger partial charge in [-0.05, 0) is 0 Å². The van der Waals surface area contributed by atoms with Gasteiger partial charge in [0, 0.05) is 137 Å². The fourth-order valence-corrected chi connectivity index (χ4v) is 7.56. The molecular weight excluding hydrogens is 866 g/mol. The number of aliphatic carboxylic acids is 5. The van der Waals surface area contributed by atoms with Gasteiger partial charge in [0.1, 0.15) is 0 Å². The van der Waals surface area contributed by atoms with E-state index in [1.54, 1.807) is 29.4 Å². The summed E-state index contributed by atoms with van der Waals surface area (Å²) in [6, 6.07) is 0. The van der Waals surface area contributed by atoms with Crippen molar-refractivity contribution in [3.63, 3.8) is 0 Å². The summed E-state index contributed by atoms with van der Waals surface area (Å²) < 4.78 is 11.0. The van der Waals surface area contributed by atoms with Crippen molar-refractivity contribution in [2.24, 2.45) is 0 Å². The Bertz CT molecular complexity index is 1390. The van der Waals surface area contributed by atoms with E-state index in [1.807, 2.05) is 9.80 Å². The minimum absolute atomic E-state index is 0.00619. The Morgan fingerprint density at radius 1 is 0.415 bits per heavy atom. The molecule has 2 unspecified atom stereocenters. The lowest BCUT2D eigenvalue weighted by molar-refractivity contribution is -0.140. The van der Waals surface area contributed by atoms with Crippen LogP contribution in [-0.4, -0.2) is 341 Å². The number of aliphatic hydroxyl groups excluding tert-OH is 3. The largest absolute Gasteiger partial charge is 0.480 e. The number of aliphatic hydroxyl groups is 3. The maximum absolute atomic E-state index is 12.2. The monoisotopic (exact) mass is 940 g/mol. The van der Waals surface area contributed by atoms with Crippen molar-refractivity contribution in [3.05, 3.63) is 0 Å². The number of hydrogen-bond donors (Lipinski definition) is 9. The Kier molecular flexibility index (Phi) is 28.8. The molecule has 2 aliphatic rings. The molecule has 0 saturated carbocycles. The Hall–Kier alpha value is -3.90. The number of nitrogens with zero attached hydrogens (tertiary/aromatic N) is 9. The zero-order chi connectivity index (χ0) is 48.1. The zero-order valence-electron chi connectivity index (χ0n) is 37.4. The molecular formula is C39H73N9O17. The van der Waals surface area contributed by atoms with Crippen molar-refractivity contribution in [2.45, 2.75) is 12.2 Å². The Labute approximate surface area is 379 Å². The molecule has 0 bridgehead atoms. The maximum atomic E-state index is 12.2. The van der Waals surface area contributed by atoms with Crippen LogP contribution in [0.5, 0.6) is 0 Å². The highest BCUT2D eigenvalue weighted by atomic mass is 16.5. The molecule has 9 N–H and O–H groups in total. The number of amides is 1. The van der Waals surface area contributed by atoms with E-state index in [0.29, 0.717) is 13.1 Å². The van der Waals surface area contributed by atoms with Gasteiger partial charge in [0.15, 0.2) is 0 Å². The second-order valence-corrected chi connectivity index (χ2v) is 16.2. The first kappa shape index (κ1) is 57.2. The van der Waals surface area contributed by atoms with Crippen molar-refractivity contribution in [1.29, 1.82) is 0 Å². The smallest absolute Gasteiger partial charge is 0.407 e. The predicted octanol–water partition coefficient (Wildman–Crippen LogP) is -5.42. The third-order valence-electron chi connectivity index (χ3n) is 10.9. The molecule has 0 spiro atoms. The van der Waals surface area contributed by atoms with Crippen LogP contribution in [0.25, 0.3) is 0 Å². The van der Waals surface area contributed by atoms with E-state index < -0.39 is 48.1 Å². The molecule has 65 heavy (non-hydrogen) atoms. The number of carboxylic acid groups (broad SMARTS) is 6. The first-order chi connectivity index (χ1) is 30.9. The molecule has 376 valence electrons. The highest BCUT2D eigenvalue weighted by Crippen LogP contribution is 2.07. The molecule has 2 aliphatic heterocycles. The molecule has 0 aromatic rings. The van der Waals surface area contributed by atoms with Crippen LogP contribution in [0.15, 0.2) is 0 Å². The molecule has 2 rings (SSSR count). The van der Waals surface area contributed by atoms with Crippen LogP contribution in [0.4, 0.5) is 4.79 Å². The van der Waals surface area contributed by atoms with Crippen LogP contribution in [-0.2, 0) is 33.4 Å². The third kappa shape index (κ3) is 28.0. The molecule has 2 fully saturated rings. The van der Waals surface area contributed by atoms with E-state index in [2.05, 4.69) is 0 Å². The molecule has 0 aliphatic carbocycles. The second-order valence-electron chi connectivity index (χ2n) is 16.2. The molecule has 2 heterocycles. The van der Waals surface area contributed by atoms with Gasteiger partial charge < -0.3 is 60.3 Å². The van der Waals surface area contributed by atoms with Gasteiger partial charge in [0.05, 0.1) is 78.0 Å². The van der Waals surface area contributed by atoms with Crippen molar-refractivity contribution in [1.82, 2.24) is 44.1 Å². The molecule has 0 aromatic heterocycles. The molecule has 2 atom stereocenters. The van der Waals surface area contributed by atoms with Crippen LogP contribution in [0, 0.1) is 0 Å². The molecule has 0 aromatic carbocycles. The lowest BCUT2D eigenvalue weighted by atomic mass is 10.2. The standard InChI is InChI=1S/C39H73N9O17/c49-18-20-65-22-21-64-19-17-47(26-33(51)24-41-3-6-44(29-36(56)57)11-12-46(31-38(60)61)14-16-48(15-13-41)39(62)63)25-32(50)23-40-1-4-42(27-34(52)53)7-9-45(30-37(58)59)10-8-43(5-2-40)28-35(54)55/h32-33,49-51H,1-31H2,(H,52,53)(H,54,55)(H,56,57)(H,58,59)(H,60,61)(H,62,63). The number of ether oxygens (including phenoxy) is 2. The van der Waals surface area contributed by atoms with Crippen molar-refractivity contribution in [3.8, 4) is 0 Å². The summed E-state index contributed by atoms with van der Waals surface area (Å²) in [5.74, 6) is -5.36. The molecule has 1 amide bonds. The van der Waals surface area contributed by atoms with Gasteiger partial charge in [-0.1, -0.05) is 0 Å². The number of β-amino-alcohol motifs (C(OH)–C–C–N with tert-alkyl or cyclic N) is 2. The normalized spacial score (nSPS) is 19.7. The van der Waals surface area contributed by atoms with Crippen molar-refractivity contribution in [2.75, 3.05) is 203 Å². The van der Waals surface area contributed by atoms with Crippen LogP contribution in [0.2, 0.25) is 0 Å². The molecule has 2 saturated heterocycles. The van der Waals surface area contributed by atoms with E-state index in [-0.39, 0.29) is 190 Å². The molecule has 26 nitrogen and oxygen atoms in total. The highest BCUT2D eigenvalue weighted by molar-refractivity contribution is 5.70. The third-order valence-corrected chi connectivity index (χ3v) is 10.9. The predicted molar refractivity (Wildman–Crippen MR) is 230 cm³/mol. The number of carboxylic acids is 5. The van der Waals surface area contributed by atoms with Gasteiger partial charge in [0.25, 0.3) is 0 Å². The summed E-state index contributed by atoms with van der Waals surface area (Å²) in [7, 11) is 0. The Morgan fingerprint density at radius 3 is 0.985 bits per heavy atom. The van der Waals surface area contributed by atoms with E-state index in [0.717, 1.165) is 0 Å². The van der Waals surface area contributed by atoms with Gasteiger partial charge in [-0.2, -0.15) is 0 Å². The minimum atomic E-state index is -1.20. The van der Waals surface area contributed by atoms with E-state index in [4.69, 9.17) is 14.6 Å². The molecule has 26 heteroatoms. The SMILES string of the molecule is O=C(O)CN1CCN(CC(=O)O)CCN(CC(O)CN(CCOCCOCCO)CC(O)CN2CCN(CC(=O)O)CCN(CC(=O)O)CCN(C(=O)O)CC2)CCN(CC(=O)O)CC1. The fraction of sp³-hybridized carbons (Fsp3) is 0.846. The Balaban J connectivity index is 2.26. The second kappa shape index (κ2) is 32.7. The average molecular weight is 940 g/mol. The fourth-order valence-electron chi connectivity index (χ4n) is 7.56. The zero-order valence-corrected chi connectivity index (χ0v) is 37.4. The number of rotatable bonds is 26. The summed E-state index contributed by atoms with van der Waals surface area (Å²) in [5.41, 5.74) is 0. The topological polar surface area (TPSA) is 332 Å². The van der Waals surface area contributed by atoms with Gasteiger partial charge in [-0.15, -0.1) is 0 Å². The minimum Gasteiger partial charge on any atom is -0.480 e. The number of hydrogen-bond acceptors (Lipinski definition) is 19. The quantitative estimate of drug-likeness (QED) is 0.0366. The first-order valence-corrected chi connectivity index (χ1v) is 21.9. The van der Waals surface area contributed by atoms with Crippen LogP contribution in [0.1, 0.15) is 0 Å². The van der Waals surface area contributed by atoms with Gasteiger partial charge in [-0.3, -0.25) is 63.2 Å². The highest BCUT2D eigenvalue weighted by Gasteiger charge is 2.26. The van der Waals surface area contributed by atoms with Crippen LogP contribution < -0.4 is 0 Å². The Morgan fingerprint density at radius 2 is 0.692 bits per heavy atom. The summed E-state index contributed by atoms with van der Waals surface area (Å²) >= 11 is 0. The summed E-state index contributed by atoms with van der Waals surface area (Å²) in [4.78, 5) is 85.3. The van der Waals surface area contributed by atoms with Gasteiger partial charge >= 0.3 is 35.9 Å². The summed E-state index contributed by atoms with van der Waals surface area (Å²) in [6.45, 7) is 2.81. The van der Waals surface area contributed by atoms with Crippen molar-refractivity contribution < 1.29 is 84.2 Å². The van der Waals surface area contributed by atoms with Gasteiger partial charge in [0.2, 0.25) is 0 Å². The van der Waals surface area contributed by atoms with Gasteiger partial charge in [-0.25, -0.2) is 4.79 Å². The lowest BCUT2D eigenvalue weighted by Crippen LogP contribution is -2.51. The lowest BCUT2D eigenvalue weighted by Gasteiger charge is -2.35. The van der Waals surface area contributed by atoms with E-state index >= 15 is 0 Å². The van der Waals surface area contributed by atoms with E-state index in [9.17, 15) is 69.6 Å². The summed E-state index contributed by atoms with van der Waals surface area (Å²) in [5, 5.41) is 89.6. The van der Waals surface area contributed by atoms with Crippen molar-refractivity contribution >= 4 is 35.9 Å². The average Bonchev–Trinajstić information content (AvgIpc) is 3.20. The maximum Gasteiger partial charge on any atom is 0.407 e. The summed E-state index contributed by atoms with van der Waals surface area (Å²) in [6.07, 6.45) is -3.27. The molecule has 0 radical (unpaired) electrons. The number of carbonyl (C=O) groups is 6. The first-order valence-electron chi connectivity index (χ1n) is 21.9.